The Labute approximate surface area is 112 Å². The zero-order valence-corrected chi connectivity index (χ0v) is 11.2. The molecule has 0 unspecified atom stereocenters. The van der Waals surface area contributed by atoms with Gasteiger partial charge in [-0.1, -0.05) is 13.8 Å². The molecule has 0 amide bonds. The first-order valence-corrected chi connectivity index (χ1v) is 6.63. The van der Waals surface area contributed by atoms with Crippen molar-refractivity contribution in [2.45, 2.75) is 32.7 Å². The monoisotopic (exact) mass is 255 g/mol. The molecule has 2 aromatic heterocycles. The van der Waals surface area contributed by atoms with Crippen molar-refractivity contribution in [1.29, 1.82) is 0 Å². The molecule has 0 saturated heterocycles. The molecule has 0 radical (unpaired) electrons. The lowest BCUT2D eigenvalue weighted by Gasteiger charge is -2.21. The smallest absolute Gasteiger partial charge is 0.198 e. The minimum atomic E-state index is 0.374. The number of hydrogen-bond acceptors (Lipinski definition) is 5. The normalized spacial score (nSPS) is 14.5. The first-order valence-electron chi connectivity index (χ1n) is 6.63. The van der Waals surface area contributed by atoms with E-state index in [0.717, 1.165) is 30.9 Å². The lowest BCUT2D eigenvalue weighted by atomic mass is 9.98. The van der Waals surface area contributed by atoms with E-state index in [4.69, 9.17) is 0 Å². The molecule has 1 aliphatic heterocycles. The SMILES string of the molecule is CC(C)c1nc(-c2ncccn2)nc2c1CNCC2. The molecule has 0 fully saturated rings. The van der Waals surface area contributed by atoms with Crippen molar-refractivity contribution >= 4 is 0 Å². The Bertz CT molecular complexity index is 580. The molecule has 0 aromatic carbocycles. The van der Waals surface area contributed by atoms with Gasteiger partial charge in [-0.2, -0.15) is 0 Å². The number of hydrogen-bond donors (Lipinski definition) is 1. The summed E-state index contributed by atoms with van der Waals surface area (Å²) in [5, 5.41) is 3.38. The van der Waals surface area contributed by atoms with E-state index in [1.54, 1.807) is 18.5 Å². The third-order valence-corrected chi connectivity index (χ3v) is 3.28. The van der Waals surface area contributed by atoms with Gasteiger partial charge in [0.05, 0.1) is 11.4 Å². The molecule has 1 N–H and O–H groups in total. The Morgan fingerprint density at radius 2 is 1.89 bits per heavy atom. The van der Waals surface area contributed by atoms with Crippen LogP contribution in [0, 0.1) is 0 Å². The Kier molecular flexibility index (Phi) is 3.21. The number of aromatic nitrogens is 4. The van der Waals surface area contributed by atoms with E-state index in [0.29, 0.717) is 17.6 Å². The fraction of sp³-hybridized carbons (Fsp3) is 0.429. The van der Waals surface area contributed by atoms with Gasteiger partial charge in [0.1, 0.15) is 0 Å². The van der Waals surface area contributed by atoms with Gasteiger partial charge < -0.3 is 5.32 Å². The molecule has 5 heteroatoms. The molecule has 0 bridgehead atoms. The molecular formula is C14H17N5. The Morgan fingerprint density at radius 3 is 2.63 bits per heavy atom. The van der Waals surface area contributed by atoms with Crippen LogP contribution in [0.25, 0.3) is 11.6 Å². The van der Waals surface area contributed by atoms with Gasteiger partial charge >= 0.3 is 0 Å². The van der Waals surface area contributed by atoms with Crippen molar-refractivity contribution in [2.24, 2.45) is 0 Å². The predicted octanol–water partition coefficient (Wildman–Crippen LogP) is 1.70. The van der Waals surface area contributed by atoms with Crippen molar-refractivity contribution in [2.75, 3.05) is 6.54 Å². The molecule has 1 aliphatic rings. The fourth-order valence-corrected chi connectivity index (χ4v) is 2.36. The second-order valence-electron chi connectivity index (χ2n) is 5.01. The van der Waals surface area contributed by atoms with E-state index in [-0.39, 0.29) is 0 Å². The van der Waals surface area contributed by atoms with E-state index >= 15 is 0 Å². The number of rotatable bonds is 2. The van der Waals surface area contributed by atoms with E-state index < -0.39 is 0 Å². The van der Waals surface area contributed by atoms with Crippen LogP contribution in [0.3, 0.4) is 0 Å². The summed E-state index contributed by atoms with van der Waals surface area (Å²) in [7, 11) is 0. The third kappa shape index (κ3) is 2.33. The van der Waals surface area contributed by atoms with Crippen LogP contribution in [-0.4, -0.2) is 26.5 Å². The minimum Gasteiger partial charge on any atom is -0.312 e. The largest absolute Gasteiger partial charge is 0.312 e. The highest BCUT2D eigenvalue weighted by atomic mass is 15.0. The first-order chi connectivity index (χ1) is 9.25. The maximum absolute atomic E-state index is 4.68. The van der Waals surface area contributed by atoms with Gasteiger partial charge in [0.25, 0.3) is 0 Å². The standard InChI is InChI=1S/C14H17N5/c1-9(2)12-10-8-15-7-4-11(10)18-14(19-12)13-16-5-3-6-17-13/h3,5-6,9,15H,4,7-8H2,1-2H3. The summed E-state index contributed by atoms with van der Waals surface area (Å²) in [5.41, 5.74) is 3.50. The van der Waals surface area contributed by atoms with Crippen molar-refractivity contribution in [1.82, 2.24) is 25.3 Å². The fourth-order valence-electron chi connectivity index (χ4n) is 2.36. The summed E-state index contributed by atoms with van der Waals surface area (Å²) in [6, 6.07) is 1.80. The second kappa shape index (κ2) is 5.01. The summed E-state index contributed by atoms with van der Waals surface area (Å²) in [6.07, 6.45) is 4.39. The average Bonchev–Trinajstić information content (AvgIpc) is 2.47. The Hall–Kier alpha value is -1.88. The van der Waals surface area contributed by atoms with E-state index in [1.165, 1.54) is 5.56 Å². The Morgan fingerprint density at radius 1 is 1.11 bits per heavy atom. The number of nitrogens with zero attached hydrogens (tertiary/aromatic N) is 4. The minimum absolute atomic E-state index is 0.374. The van der Waals surface area contributed by atoms with Crippen LogP contribution in [0.5, 0.6) is 0 Å². The zero-order valence-electron chi connectivity index (χ0n) is 11.2. The number of nitrogens with one attached hydrogen (secondary N) is 1. The van der Waals surface area contributed by atoms with E-state index in [2.05, 4.69) is 39.1 Å². The van der Waals surface area contributed by atoms with Crippen LogP contribution in [0.2, 0.25) is 0 Å². The second-order valence-corrected chi connectivity index (χ2v) is 5.01. The summed E-state index contributed by atoms with van der Waals surface area (Å²) in [5.74, 6) is 1.62. The molecule has 0 saturated carbocycles. The molecule has 5 nitrogen and oxygen atoms in total. The molecule has 0 atom stereocenters. The zero-order chi connectivity index (χ0) is 13.2. The lowest BCUT2D eigenvalue weighted by Crippen LogP contribution is -2.27. The quantitative estimate of drug-likeness (QED) is 0.885. The van der Waals surface area contributed by atoms with Gasteiger partial charge in [0, 0.05) is 37.5 Å². The van der Waals surface area contributed by atoms with Crippen molar-refractivity contribution in [3.63, 3.8) is 0 Å². The molecule has 3 heterocycles. The summed E-state index contributed by atoms with van der Waals surface area (Å²) in [4.78, 5) is 17.8. The van der Waals surface area contributed by atoms with Crippen molar-refractivity contribution in [3.05, 3.63) is 35.4 Å². The summed E-state index contributed by atoms with van der Waals surface area (Å²) >= 11 is 0. The number of fused-ring (bicyclic) bond motifs is 1. The van der Waals surface area contributed by atoms with Gasteiger partial charge in [0.15, 0.2) is 11.6 Å². The molecule has 2 aromatic rings. The summed E-state index contributed by atoms with van der Waals surface area (Å²) < 4.78 is 0. The van der Waals surface area contributed by atoms with Gasteiger partial charge in [-0.05, 0) is 12.0 Å². The maximum atomic E-state index is 4.68. The average molecular weight is 255 g/mol. The van der Waals surface area contributed by atoms with Gasteiger partial charge in [-0.25, -0.2) is 19.9 Å². The molecule has 19 heavy (non-hydrogen) atoms. The highest BCUT2D eigenvalue weighted by Gasteiger charge is 2.20. The Balaban J connectivity index is 2.14. The lowest BCUT2D eigenvalue weighted by molar-refractivity contribution is 0.609. The van der Waals surface area contributed by atoms with Crippen LogP contribution >= 0.6 is 0 Å². The van der Waals surface area contributed by atoms with Crippen LogP contribution in [-0.2, 0) is 13.0 Å². The molecule has 0 spiro atoms. The molecule has 98 valence electrons. The molecule has 0 aliphatic carbocycles. The molecule has 3 rings (SSSR count). The summed E-state index contributed by atoms with van der Waals surface area (Å²) in [6.45, 7) is 6.15. The highest BCUT2D eigenvalue weighted by Crippen LogP contribution is 2.24. The van der Waals surface area contributed by atoms with Crippen LogP contribution in [0.1, 0.15) is 36.7 Å². The van der Waals surface area contributed by atoms with Gasteiger partial charge in [0.2, 0.25) is 0 Å². The highest BCUT2D eigenvalue weighted by molar-refractivity contribution is 5.46. The third-order valence-electron chi connectivity index (χ3n) is 3.28. The van der Waals surface area contributed by atoms with Crippen LogP contribution in [0.15, 0.2) is 18.5 Å². The maximum Gasteiger partial charge on any atom is 0.198 e. The van der Waals surface area contributed by atoms with Crippen LogP contribution < -0.4 is 5.32 Å². The van der Waals surface area contributed by atoms with Gasteiger partial charge in [-0.15, -0.1) is 0 Å². The predicted molar refractivity (Wildman–Crippen MR) is 72.6 cm³/mol. The topological polar surface area (TPSA) is 63.6 Å². The van der Waals surface area contributed by atoms with Crippen molar-refractivity contribution in [3.8, 4) is 11.6 Å². The van der Waals surface area contributed by atoms with E-state index in [1.807, 2.05) is 0 Å². The van der Waals surface area contributed by atoms with Crippen molar-refractivity contribution < 1.29 is 0 Å². The van der Waals surface area contributed by atoms with Crippen LogP contribution in [0.4, 0.5) is 0 Å². The van der Waals surface area contributed by atoms with E-state index in [9.17, 15) is 0 Å². The molecular weight excluding hydrogens is 238 g/mol. The van der Waals surface area contributed by atoms with Gasteiger partial charge in [-0.3, -0.25) is 0 Å². The first kappa shape index (κ1) is 12.2.